The molecule has 2 aromatic heterocycles. The molecule has 162 valence electrons. The van der Waals surface area contributed by atoms with Crippen LogP contribution in [-0.4, -0.2) is 42.2 Å². The summed E-state index contributed by atoms with van der Waals surface area (Å²) in [5.41, 5.74) is 0.557. The molecule has 2 fully saturated rings. The van der Waals surface area contributed by atoms with Gasteiger partial charge in [0.05, 0.1) is 16.8 Å². The largest absolute Gasteiger partial charge is 0.444 e. The molecule has 2 atom stereocenters. The van der Waals surface area contributed by atoms with E-state index < -0.39 is 12.8 Å². The Morgan fingerprint density at radius 1 is 1.27 bits per heavy atom. The molecule has 0 radical (unpaired) electrons. The number of nitrogens with one attached hydrogen (secondary N) is 2. The highest BCUT2D eigenvalue weighted by Crippen LogP contribution is 2.37. The van der Waals surface area contributed by atoms with Crippen molar-refractivity contribution >= 4 is 32.7 Å². The van der Waals surface area contributed by atoms with Crippen molar-refractivity contribution in [1.82, 2.24) is 10.3 Å². The van der Waals surface area contributed by atoms with E-state index in [2.05, 4.69) is 38.5 Å². The summed E-state index contributed by atoms with van der Waals surface area (Å²) in [6.07, 6.45) is 3.82. The molecule has 2 N–H and O–H groups in total. The first kappa shape index (κ1) is 21.5. The van der Waals surface area contributed by atoms with Gasteiger partial charge in [-0.05, 0) is 55.0 Å². The monoisotopic (exact) mass is 482 g/mol. The molecule has 6 nitrogen and oxygen atoms in total. The molecule has 2 aliphatic rings. The number of nitrogens with zero attached hydrogens (tertiary/aromatic N) is 2. The smallest absolute Gasteiger partial charge is 0.242 e. The molecule has 9 heteroatoms. The quantitative estimate of drug-likeness (QED) is 0.617. The predicted octanol–water partition coefficient (Wildman–Crippen LogP) is 4.76. The number of furan rings is 1. The summed E-state index contributed by atoms with van der Waals surface area (Å²) in [5, 5.41) is 16.9. The van der Waals surface area contributed by atoms with E-state index in [0.717, 1.165) is 38.7 Å². The number of aromatic nitrogens is 1. The highest BCUT2D eigenvalue weighted by atomic mass is 79.9. The van der Waals surface area contributed by atoms with Crippen molar-refractivity contribution in [3.63, 3.8) is 0 Å². The van der Waals surface area contributed by atoms with Crippen molar-refractivity contribution in [1.29, 1.82) is 5.26 Å². The predicted molar refractivity (Wildman–Crippen MR) is 113 cm³/mol. The number of fused-ring (bicyclic) bond motifs is 1. The van der Waals surface area contributed by atoms with Crippen LogP contribution >= 0.6 is 15.9 Å². The third-order valence-electron chi connectivity index (χ3n) is 6.13. The number of anilines is 1. The van der Waals surface area contributed by atoms with E-state index in [0.29, 0.717) is 33.3 Å². The van der Waals surface area contributed by atoms with E-state index in [1.165, 1.54) is 6.20 Å². The van der Waals surface area contributed by atoms with E-state index in [1.807, 2.05) is 6.07 Å². The first-order chi connectivity index (χ1) is 14.5. The molecule has 0 amide bonds. The average molecular weight is 483 g/mol. The Hall–Kier alpha value is -1.76. The molecular weight excluding hydrogens is 458 g/mol. The highest BCUT2D eigenvalue weighted by Gasteiger charge is 2.29. The molecule has 3 heterocycles. The van der Waals surface area contributed by atoms with Crippen LogP contribution in [0.3, 0.4) is 0 Å². The fourth-order valence-electron chi connectivity index (χ4n) is 4.51. The van der Waals surface area contributed by atoms with Crippen LogP contribution in [0.5, 0.6) is 0 Å². The molecule has 1 aliphatic carbocycles. The number of hydrogen-bond acceptors (Lipinski definition) is 6. The fraction of sp³-hybridized carbons (Fsp3) is 0.619. The Morgan fingerprint density at radius 3 is 2.63 bits per heavy atom. The number of pyridine rings is 1. The van der Waals surface area contributed by atoms with Crippen molar-refractivity contribution in [2.24, 2.45) is 0 Å². The zero-order chi connectivity index (χ0) is 21.3. The second-order valence-electron chi connectivity index (χ2n) is 8.11. The summed E-state index contributed by atoms with van der Waals surface area (Å²) in [6.45, 7) is 2.94. The van der Waals surface area contributed by atoms with Gasteiger partial charge < -0.3 is 19.8 Å². The normalized spacial score (nSPS) is 26.9. The molecule has 30 heavy (non-hydrogen) atoms. The van der Waals surface area contributed by atoms with Crippen molar-refractivity contribution in [2.75, 3.05) is 11.9 Å². The maximum atomic E-state index is 13.0. The van der Waals surface area contributed by atoms with Crippen LogP contribution in [0.1, 0.15) is 50.4 Å². The topological polar surface area (TPSA) is 83.1 Å². The molecule has 1 saturated heterocycles. The summed E-state index contributed by atoms with van der Waals surface area (Å²) in [5.74, 6) is 0.513. The molecule has 0 bridgehead atoms. The molecule has 1 unspecified atom stereocenters. The number of hydrogen-bond donors (Lipinski definition) is 2. The number of rotatable bonds is 6. The van der Waals surface area contributed by atoms with Crippen molar-refractivity contribution in [3.05, 3.63) is 22.0 Å². The van der Waals surface area contributed by atoms with E-state index in [4.69, 9.17) is 9.15 Å². The van der Waals surface area contributed by atoms with Crippen LogP contribution in [-0.2, 0) is 11.2 Å². The van der Waals surface area contributed by atoms with Gasteiger partial charge in [0.25, 0.3) is 0 Å². The number of alkyl halides is 2. The van der Waals surface area contributed by atoms with Gasteiger partial charge in [-0.1, -0.05) is 0 Å². The van der Waals surface area contributed by atoms with Crippen molar-refractivity contribution in [2.45, 2.75) is 76.1 Å². The molecule has 2 aromatic rings. The maximum absolute atomic E-state index is 13.0. The molecule has 1 saturated carbocycles. The molecule has 4 rings (SSSR count). The first-order valence-corrected chi connectivity index (χ1v) is 11.2. The maximum Gasteiger partial charge on any atom is 0.242 e. The van der Waals surface area contributed by atoms with Crippen LogP contribution in [0.25, 0.3) is 11.0 Å². The molecule has 0 aromatic carbocycles. The lowest BCUT2D eigenvalue weighted by Crippen LogP contribution is -2.45. The van der Waals surface area contributed by atoms with Gasteiger partial charge in [0.2, 0.25) is 12.2 Å². The van der Waals surface area contributed by atoms with Gasteiger partial charge in [-0.15, -0.1) is 0 Å². The lowest BCUT2D eigenvalue weighted by atomic mass is 9.90. The number of nitriles is 1. The summed E-state index contributed by atoms with van der Waals surface area (Å²) < 4.78 is 37.7. The summed E-state index contributed by atoms with van der Waals surface area (Å²) >= 11 is 3.50. The standard InChI is InChI=1S/C21H25BrF2N4O2/c1-11-15(6-7-29-11)27-12-2-4-13(5-3-12)28-21-20(22)19-14(8-18(23)24)16(9-25)30-17(19)10-26-21/h10-13,15,18,27H,2-8H2,1H3,(H,26,28)/t11?,12?,13?,15-/m0/s1. The average Bonchev–Trinajstić information content (AvgIpc) is 3.28. The highest BCUT2D eigenvalue weighted by molar-refractivity contribution is 9.10. The van der Waals surface area contributed by atoms with Gasteiger partial charge in [-0.2, -0.15) is 5.26 Å². The lowest BCUT2D eigenvalue weighted by molar-refractivity contribution is 0.109. The second-order valence-corrected chi connectivity index (χ2v) is 8.90. The van der Waals surface area contributed by atoms with Crippen LogP contribution in [0.2, 0.25) is 0 Å². The SMILES string of the molecule is CC1OCC[C@@H]1NC1CCC(Nc2ncc3oc(C#N)c(CC(F)F)c3c2Br)CC1. The summed E-state index contributed by atoms with van der Waals surface area (Å²) in [6, 6.07) is 3.04. The van der Waals surface area contributed by atoms with Crippen molar-refractivity contribution in [3.8, 4) is 6.07 Å². The van der Waals surface area contributed by atoms with E-state index in [9.17, 15) is 14.0 Å². The first-order valence-electron chi connectivity index (χ1n) is 10.4. The van der Waals surface area contributed by atoms with Gasteiger partial charge in [-0.25, -0.2) is 13.8 Å². The van der Waals surface area contributed by atoms with Gasteiger partial charge in [0, 0.05) is 42.1 Å². The zero-order valence-electron chi connectivity index (χ0n) is 16.8. The van der Waals surface area contributed by atoms with Crippen LogP contribution in [0, 0.1) is 11.3 Å². The Bertz CT molecular complexity index is 937. The summed E-state index contributed by atoms with van der Waals surface area (Å²) in [4.78, 5) is 4.40. The third kappa shape index (κ3) is 4.46. The summed E-state index contributed by atoms with van der Waals surface area (Å²) in [7, 11) is 0. The van der Waals surface area contributed by atoms with Crippen LogP contribution in [0.15, 0.2) is 15.1 Å². The Morgan fingerprint density at radius 2 is 2.00 bits per heavy atom. The van der Waals surface area contributed by atoms with Crippen LogP contribution < -0.4 is 10.6 Å². The van der Waals surface area contributed by atoms with E-state index >= 15 is 0 Å². The minimum Gasteiger partial charge on any atom is -0.444 e. The van der Waals surface area contributed by atoms with E-state index in [1.54, 1.807) is 0 Å². The second kappa shape index (κ2) is 9.16. The van der Waals surface area contributed by atoms with Gasteiger partial charge in [-0.3, -0.25) is 0 Å². The van der Waals surface area contributed by atoms with Crippen molar-refractivity contribution < 1.29 is 17.9 Å². The Balaban J connectivity index is 1.44. The number of halogens is 3. The van der Waals surface area contributed by atoms with E-state index in [-0.39, 0.29) is 23.5 Å². The minimum atomic E-state index is -2.56. The Kier molecular flexibility index (Phi) is 6.56. The van der Waals surface area contributed by atoms with Gasteiger partial charge in [0.15, 0.2) is 5.58 Å². The lowest BCUT2D eigenvalue weighted by Gasteiger charge is -2.32. The number of ether oxygens (including phenoxy) is 1. The van der Waals surface area contributed by atoms with Gasteiger partial charge >= 0.3 is 0 Å². The Labute approximate surface area is 182 Å². The molecule has 1 aliphatic heterocycles. The zero-order valence-corrected chi connectivity index (χ0v) is 18.3. The van der Waals surface area contributed by atoms with Gasteiger partial charge in [0.1, 0.15) is 11.9 Å². The van der Waals surface area contributed by atoms with Crippen LogP contribution in [0.4, 0.5) is 14.6 Å². The fourth-order valence-corrected chi connectivity index (χ4v) is 5.16. The molecular formula is C21H25BrF2N4O2. The third-order valence-corrected chi connectivity index (χ3v) is 6.90. The minimum absolute atomic E-state index is 0.0818. The molecule has 0 spiro atoms.